The van der Waals surface area contributed by atoms with Gasteiger partial charge in [-0.25, -0.2) is 17.2 Å². The van der Waals surface area contributed by atoms with Crippen LogP contribution in [-0.2, 0) is 10.0 Å². The third kappa shape index (κ3) is 2.99. The number of hydrogen-bond acceptors (Lipinski definition) is 3. The van der Waals surface area contributed by atoms with Crippen molar-refractivity contribution in [1.29, 1.82) is 0 Å². The van der Waals surface area contributed by atoms with E-state index in [1.165, 1.54) is 0 Å². The molecule has 1 atom stereocenters. The van der Waals surface area contributed by atoms with Crippen LogP contribution >= 0.6 is 0 Å². The van der Waals surface area contributed by atoms with Gasteiger partial charge in [0.05, 0.1) is 6.61 Å². The fourth-order valence-electron chi connectivity index (χ4n) is 2.46. The SMILES string of the molecule is O=S(=O)(c1ccc(F)cc1F)N1CCCCCC1CO. The number of rotatable bonds is 3. The Morgan fingerprint density at radius 3 is 2.65 bits per heavy atom. The monoisotopic (exact) mass is 305 g/mol. The highest BCUT2D eigenvalue weighted by molar-refractivity contribution is 7.89. The predicted molar refractivity (Wildman–Crippen MR) is 69.6 cm³/mol. The summed E-state index contributed by atoms with van der Waals surface area (Å²) in [5.41, 5.74) is 0. The number of hydrogen-bond donors (Lipinski definition) is 1. The van der Waals surface area contributed by atoms with Crippen LogP contribution in [0.25, 0.3) is 0 Å². The Morgan fingerprint density at radius 2 is 2.00 bits per heavy atom. The lowest BCUT2D eigenvalue weighted by molar-refractivity contribution is 0.186. The molecular weight excluding hydrogens is 288 g/mol. The largest absolute Gasteiger partial charge is 0.395 e. The average Bonchev–Trinajstić information content (AvgIpc) is 2.63. The van der Waals surface area contributed by atoms with Crippen LogP contribution in [0.1, 0.15) is 25.7 Å². The van der Waals surface area contributed by atoms with Crippen molar-refractivity contribution in [3.05, 3.63) is 29.8 Å². The zero-order valence-corrected chi connectivity index (χ0v) is 11.7. The van der Waals surface area contributed by atoms with Crippen LogP contribution in [0.4, 0.5) is 8.78 Å². The van der Waals surface area contributed by atoms with Crippen LogP contribution in [0.3, 0.4) is 0 Å². The third-order valence-corrected chi connectivity index (χ3v) is 5.50. The molecular formula is C13H17F2NO3S. The lowest BCUT2D eigenvalue weighted by Crippen LogP contribution is -2.42. The number of aliphatic hydroxyl groups excluding tert-OH is 1. The lowest BCUT2D eigenvalue weighted by atomic mass is 10.1. The first kappa shape index (κ1) is 15.3. The maximum absolute atomic E-state index is 13.7. The van der Waals surface area contributed by atoms with E-state index >= 15 is 0 Å². The topological polar surface area (TPSA) is 57.6 Å². The van der Waals surface area contributed by atoms with Crippen molar-refractivity contribution in [2.45, 2.75) is 36.6 Å². The molecule has 1 saturated heterocycles. The number of benzene rings is 1. The first-order valence-corrected chi connectivity index (χ1v) is 7.98. The van der Waals surface area contributed by atoms with Gasteiger partial charge in [0.2, 0.25) is 10.0 Å². The maximum atomic E-state index is 13.7. The molecule has 0 aromatic heterocycles. The summed E-state index contributed by atoms with van der Waals surface area (Å²) in [6.07, 6.45) is 2.90. The first-order valence-electron chi connectivity index (χ1n) is 6.54. The highest BCUT2D eigenvalue weighted by Gasteiger charge is 2.33. The van der Waals surface area contributed by atoms with Gasteiger partial charge >= 0.3 is 0 Å². The van der Waals surface area contributed by atoms with Crippen LogP contribution in [-0.4, -0.2) is 37.0 Å². The Balaban J connectivity index is 2.41. The summed E-state index contributed by atoms with van der Waals surface area (Å²) in [6.45, 7) is -0.0631. The van der Waals surface area contributed by atoms with Crippen LogP contribution in [0.5, 0.6) is 0 Å². The van der Waals surface area contributed by atoms with Gasteiger partial charge in [0.1, 0.15) is 16.5 Å². The molecule has 4 nitrogen and oxygen atoms in total. The Morgan fingerprint density at radius 1 is 1.25 bits per heavy atom. The van der Waals surface area contributed by atoms with Gasteiger partial charge in [-0.2, -0.15) is 4.31 Å². The van der Waals surface area contributed by atoms with Crippen molar-refractivity contribution in [3.63, 3.8) is 0 Å². The molecule has 0 saturated carbocycles. The van der Waals surface area contributed by atoms with Crippen molar-refractivity contribution in [1.82, 2.24) is 4.31 Å². The van der Waals surface area contributed by atoms with Crippen LogP contribution in [0.2, 0.25) is 0 Å². The quantitative estimate of drug-likeness (QED) is 0.928. The molecule has 1 aliphatic heterocycles. The van der Waals surface area contributed by atoms with Crippen molar-refractivity contribution in [3.8, 4) is 0 Å². The molecule has 112 valence electrons. The van der Waals surface area contributed by atoms with Gasteiger partial charge in [-0.1, -0.05) is 12.8 Å². The van der Waals surface area contributed by atoms with Crippen molar-refractivity contribution in [2.75, 3.05) is 13.2 Å². The van der Waals surface area contributed by atoms with Crippen LogP contribution in [0, 0.1) is 11.6 Å². The molecule has 0 radical (unpaired) electrons. The molecule has 1 N–H and O–H groups in total. The van der Waals surface area contributed by atoms with E-state index in [0.29, 0.717) is 18.9 Å². The van der Waals surface area contributed by atoms with Crippen molar-refractivity contribution >= 4 is 10.0 Å². The lowest BCUT2D eigenvalue weighted by Gasteiger charge is -2.27. The Labute approximate surface area is 117 Å². The number of nitrogens with zero attached hydrogens (tertiary/aromatic N) is 1. The van der Waals surface area contributed by atoms with Gasteiger partial charge in [-0.15, -0.1) is 0 Å². The zero-order valence-electron chi connectivity index (χ0n) is 10.9. The molecule has 20 heavy (non-hydrogen) atoms. The Kier molecular flexibility index (Phi) is 4.72. The molecule has 0 aliphatic carbocycles. The summed E-state index contributed by atoms with van der Waals surface area (Å²) < 4.78 is 52.7. The highest BCUT2D eigenvalue weighted by Crippen LogP contribution is 2.26. The van der Waals surface area contributed by atoms with Gasteiger partial charge in [0, 0.05) is 18.7 Å². The smallest absolute Gasteiger partial charge is 0.246 e. The van der Waals surface area contributed by atoms with Gasteiger partial charge < -0.3 is 5.11 Å². The van der Waals surface area contributed by atoms with E-state index in [9.17, 15) is 22.3 Å². The van der Waals surface area contributed by atoms with E-state index in [-0.39, 0.29) is 13.2 Å². The van der Waals surface area contributed by atoms with Crippen molar-refractivity contribution < 1.29 is 22.3 Å². The third-order valence-electron chi connectivity index (χ3n) is 3.51. The summed E-state index contributed by atoms with van der Waals surface area (Å²) >= 11 is 0. The minimum Gasteiger partial charge on any atom is -0.395 e. The first-order chi connectivity index (χ1) is 9.46. The second-order valence-corrected chi connectivity index (χ2v) is 6.74. The molecule has 0 bridgehead atoms. The molecule has 7 heteroatoms. The predicted octanol–water partition coefficient (Wildman–Crippen LogP) is 1.89. The normalized spacial score (nSPS) is 21.6. The van der Waals surface area contributed by atoms with E-state index in [0.717, 1.165) is 29.3 Å². The molecule has 1 aliphatic rings. The standard InChI is InChI=1S/C13H17F2NO3S/c14-10-5-6-13(12(15)8-10)20(18,19)16-7-3-1-2-4-11(16)9-17/h5-6,8,11,17H,1-4,7,9H2. The minimum atomic E-state index is -4.06. The molecule has 1 fully saturated rings. The molecule has 1 unspecified atom stereocenters. The minimum absolute atomic E-state index is 0.240. The highest BCUT2D eigenvalue weighted by atomic mass is 32.2. The number of halogens is 2. The van der Waals surface area contributed by atoms with Crippen molar-refractivity contribution in [2.24, 2.45) is 0 Å². The van der Waals surface area contributed by atoms with Gasteiger partial charge in [-0.05, 0) is 25.0 Å². The molecule has 0 spiro atoms. The molecule has 1 aromatic rings. The molecule has 0 amide bonds. The van der Waals surface area contributed by atoms with Crippen LogP contribution < -0.4 is 0 Å². The summed E-state index contributed by atoms with van der Waals surface area (Å²) in [6, 6.07) is 1.85. The van der Waals surface area contributed by atoms with Gasteiger partial charge in [0.25, 0.3) is 0 Å². The summed E-state index contributed by atoms with van der Waals surface area (Å²) in [5, 5.41) is 9.35. The number of sulfonamides is 1. The fraction of sp³-hybridized carbons (Fsp3) is 0.538. The summed E-state index contributed by atoms with van der Waals surface area (Å²) in [7, 11) is -4.06. The van der Waals surface area contributed by atoms with Crippen LogP contribution in [0.15, 0.2) is 23.1 Å². The van der Waals surface area contributed by atoms with Gasteiger partial charge in [0.15, 0.2) is 0 Å². The summed E-state index contributed by atoms with van der Waals surface area (Å²) in [5.74, 6) is -1.93. The van der Waals surface area contributed by atoms with E-state index in [4.69, 9.17) is 0 Å². The Bertz CT molecular complexity index is 577. The molecule has 1 aromatic carbocycles. The zero-order chi connectivity index (χ0) is 14.8. The molecule has 1 heterocycles. The second kappa shape index (κ2) is 6.15. The van der Waals surface area contributed by atoms with Gasteiger partial charge in [-0.3, -0.25) is 0 Å². The Hall–Kier alpha value is -1.05. The average molecular weight is 305 g/mol. The fourth-order valence-corrected chi connectivity index (χ4v) is 4.19. The number of aliphatic hydroxyl groups is 1. The summed E-state index contributed by atoms with van der Waals surface area (Å²) in [4.78, 5) is -0.542. The van der Waals surface area contributed by atoms with E-state index in [1.807, 2.05) is 0 Å². The maximum Gasteiger partial charge on any atom is 0.246 e. The van der Waals surface area contributed by atoms with E-state index in [1.54, 1.807) is 0 Å². The molecule has 2 rings (SSSR count). The van der Waals surface area contributed by atoms with E-state index < -0.39 is 32.6 Å². The van der Waals surface area contributed by atoms with E-state index in [2.05, 4.69) is 0 Å². The second-order valence-electron chi connectivity index (χ2n) is 4.88.